The molecule has 2 aromatic heterocycles. The number of hydrogen-bond donors (Lipinski definition) is 1. The van der Waals surface area contributed by atoms with Gasteiger partial charge in [0.1, 0.15) is 11.5 Å². The molecule has 4 aromatic rings. The number of nitrogens with zero attached hydrogens (tertiary/aromatic N) is 3. The number of rotatable bonds is 8. The number of esters is 1. The first-order valence-corrected chi connectivity index (χ1v) is 15.5. The summed E-state index contributed by atoms with van der Waals surface area (Å²) in [7, 11) is -1.11. The Morgan fingerprint density at radius 1 is 1.22 bits per heavy atom. The lowest BCUT2D eigenvalue weighted by molar-refractivity contribution is 0.0599. The molecule has 1 aliphatic carbocycles. The van der Waals surface area contributed by atoms with Crippen LogP contribution in [-0.2, 0) is 21.3 Å². The van der Waals surface area contributed by atoms with Gasteiger partial charge in [0.15, 0.2) is 0 Å². The first-order chi connectivity index (χ1) is 19.4. The lowest BCUT2D eigenvalue weighted by Crippen LogP contribution is -2.30. The summed E-state index contributed by atoms with van der Waals surface area (Å²) in [6.07, 6.45) is 4.39. The molecule has 1 aliphatic rings. The highest BCUT2D eigenvalue weighted by atomic mass is 79.9. The number of benzene rings is 2. The van der Waals surface area contributed by atoms with Crippen LogP contribution in [0.15, 0.2) is 53.1 Å². The van der Waals surface area contributed by atoms with E-state index in [-0.39, 0.29) is 29.0 Å². The van der Waals surface area contributed by atoms with Crippen molar-refractivity contribution in [1.82, 2.24) is 14.9 Å². The Morgan fingerprint density at radius 2 is 1.90 bits per heavy atom. The Labute approximate surface area is 249 Å². The molecule has 0 aliphatic heterocycles. The summed E-state index contributed by atoms with van der Waals surface area (Å²) in [5.74, 6) is -1.35. The van der Waals surface area contributed by atoms with E-state index in [9.17, 15) is 22.4 Å². The zero-order valence-electron chi connectivity index (χ0n) is 22.2. The van der Waals surface area contributed by atoms with Crippen LogP contribution < -0.4 is 9.62 Å². The number of halogens is 3. The van der Waals surface area contributed by atoms with Crippen LogP contribution in [0.5, 0.6) is 0 Å². The molecule has 1 amide bonds. The summed E-state index contributed by atoms with van der Waals surface area (Å²) < 4.78 is 48.0. The van der Waals surface area contributed by atoms with Gasteiger partial charge >= 0.3 is 5.97 Å². The Hall–Kier alpha value is -3.48. The molecule has 2 heterocycles. The predicted molar refractivity (Wildman–Crippen MR) is 157 cm³/mol. The van der Waals surface area contributed by atoms with Gasteiger partial charge in [0.25, 0.3) is 5.91 Å². The number of aromatic nitrogens is 2. The smallest absolute Gasteiger partial charge is 0.339 e. The summed E-state index contributed by atoms with van der Waals surface area (Å²) in [4.78, 5) is 25.4. The minimum Gasteiger partial charge on any atom is -0.465 e. The van der Waals surface area contributed by atoms with Crippen LogP contribution in [0.3, 0.4) is 0 Å². The van der Waals surface area contributed by atoms with Crippen LogP contribution in [0.1, 0.15) is 50.6 Å². The number of hydrogen-bond acceptors (Lipinski definition) is 6. The van der Waals surface area contributed by atoms with Crippen LogP contribution in [-0.4, -0.2) is 50.3 Å². The van der Waals surface area contributed by atoms with Gasteiger partial charge in [-0.15, -0.1) is 0 Å². The topological polar surface area (TPSA) is 110 Å². The van der Waals surface area contributed by atoms with E-state index in [0.29, 0.717) is 38.1 Å². The van der Waals surface area contributed by atoms with Gasteiger partial charge in [-0.25, -0.2) is 22.1 Å². The van der Waals surface area contributed by atoms with Gasteiger partial charge in [-0.2, -0.15) is 5.10 Å². The minimum absolute atomic E-state index is 0.0834. The summed E-state index contributed by atoms with van der Waals surface area (Å²) >= 11 is 9.66. The quantitative estimate of drug-likeness (QED) is 0.248. The van der Waals surface area contributed by atoms with Gasteiger partial charge < -0.3 is 10.1 Å². The average molecular weight is 664 g/mol. The predicted octanol–water partition coefficient (Wildman–Crippen LogP) is 5.55. The van der Waals surface area contributed by atoms with Gasteiger partial charge in [0, 0.05) is 12.6 Å². The fourth-order valence-corrected chi connectivity index (χ4v) is 6.25. The molecule has 1 saturated carbocycles. The van der Waals surface area contributed by atoms with E-state index >= 15 is 0 Å². The number of sulfonamides is 1. The molecule has 0 spiro atoms. The molecule has 214 valence electrons. The highest BCUT2D eigenvalue weighted by Gasteiger charge is 2.33. The maximum atomic E-state index is 13.6. The fraction of sp³-hybridized carbons (Fsp3) is 0.250. The van der Waals surface area contributed by atoms with Crippen molar-refractivity contribution in [2.24, 2.45) is 0 Å². The molecule has 1 fully saturated rings. The largest absolute Gasteiger partial charge is 0.465 e. The van der Waals surface area contributed by atoms with Gasteiger partial charge in [0.2, 0.25) is 10.0 Å². The zero-order valence-corrected chi connectivity index (χ0v) is 25.4. The van der Waals surface area contributed by atoms with Crippen molar-refractivity contribution in [3.05, 3.63) is 86.2 Å². The molecule has 41 heavy (non-hydrogen) atoms. The molecule has 13 heteroatoms. The maximum Gasteiger partial charge on any atom is 0.339 e. The number of carbonyl (C=O) groups is 2. The van der Waals surface area contributed by atoms with Crippen molar-refractivity contribution < 1.29 is 27.1 Å². The van der Waals surface area contributed by atoms with Crippen molar-refractivity contribution in [3.63, 3.8) is 0 Å². The van der Waals surface area contributed by atoms with Crippen molar-refractivity contribution >= 4 is 60.6 Å². The standard InChI is InChI=1S/C28H25BrClFN4O5S/c1-32-27(36)24-22-12-19(16-4-5-16)23(14-34(22)33-26(24)17-6-8-18(31)9-7-17)35(41(3,38)39)13-15-10-20(28(37)40-2)25(29)21(30)11-15/h6-12,14,16H,4-5,13H2,1-3H3,(H,32,36). The number of pyridine rings is 1. The first-order valence-electron chi connectivity index (χ1n) is 12.5. The van der Waals surface area contributed by atoms with Crippen LogP contribution in [0.4, 0.5) is 10.1 Å². The highest BCUT2D eigenvalue weighted by Crippen LogP contribution is 2.46. The second kappa shape index (κ2) is 11.1. The lowest BCUT2D eigenvalue weighted by Gasteiger charge is -2.26. The van der Waals surface area contributed by atoms with Crippen molar-refractivity contribution in [1.29, 1.82) is 0 Å². The summed E-state index contributed by atoms with van der Waals surface area (Å²) in [6, 6.07) is 10.5. The lowest BCUT2D eigenvalue weighted by atomic mass is 10.0. The summed E-state index contributed by atoms with van der Waals surface area (Å²) in [6.45, 7) is -0.130. The molecular formula is C28H25BrClFN4O5S. The van der Waals surface area contributed by atoms with Gasteiger partial charge in [-0.1, -0.05) is 11.6 Å². The molecule has 0 unspecified atom stereocenters. The second-order valence-corrected chi connectivity index (χ2v) is 12.8. The molecule has 0 bridgehead atoms. The summed E-state index contributed by atoms with van der Waals surface area (Å²) in [5, 5.41) is 7.50. The molecule has 9 nitrogen and oxygen atoms in total. The number of anilines is 1. The SMILES string of the molecule is CNC(=O)c1c(-c2ccc(F)cc2)nn2cc(N(Cc3cc(Cl)c(Br)c(C(=O)OC)c3)S(C)(=O)=O)c(C3CC3)cc12. The highest BCUT2D eigenvalue weighted by molar-refractivity contribution is 9.10. The third-order valence-corrected chi connectivity index (χ3v) is 9.36. The second-order valence-electron chi connectivity index (χ2n) is 9.73. The van der Waals surface area contributed by atoms with Crippen molar-refractivity contribution in [3.8, 4) is 11.3 Å². The molecule has 0 atom stereocenters. The zero-order chi connectivity index (χ0) is 29.6. The van der Waals surface area contributed by atoms with Gasteiger partial charge in [-0.3, -0.25) is 9.10 Å². The monoisotopic (exact) mass is 662 g/mol. The van der Waals surface area contributed by atoms with Gasteiger partial charge in [-0.05, 0) is 88.3 Å². The average Bonchev–Trinajstić information content (AvgIpc) is 3.72. The van der Waals surface area contributed by atoms with E-state index < -0.39 is 21.8 Å². The number of carbonyl (C=O) groups excluding carboxylic acids is 2. The number of methoxy groups -OCH3 is 1. The van der Waals surface area contributed by atoms with Crippen molar-refractivity contribution in [2.45, 2.75) is 25.3 Å². The van der Waals surface area contributed by atoms with Crippen LogP contribution >= 0.6 is 27.5 Å². The Kier molecular flexibility index (Phi) is 7.84. The molecule has 1 N–H and O–H groups in total. The third kappa shape index (κ3) is 5.68. The number of nitrogens with one attached hydrogen (secondary N) is 1. The van der Waals surface area contributed by atoms with E-state index in [1.807, 2.05) is 0 Å². The van der Waals surface area contributed by atoms with Crippen LogP contribution in [0, 0.1) is 5.82 Å². The van der Waals surface area contributed by atoms with E-state index in [1.54, 1.807) is 18.3 Å². The molecular weight excluding hydrogens is 639 g/mol. The molecule has 5 rings (SSSR count). The van der Waals surface area contributed by atoms with E-state index in [0.717, 1.165) is 24.7 Å². The van der Waals surface area contributed by atoms with E-state index in [4.69, 9.17) is 16.3 Å². The fourth-order valence-electron chi connectivity index (χ4n) is 4.73. The first kappa shape index (κ1) is 29.0. The van der Waals surface area contributed by atoms with E-state index in [1.165, 1.54) is 53.3 Å². The normalized spacial score (nSPS) is 13.3. The van der Waals surface area contributed by atoms with E-state index in [2.05, 4.69) is 26.3 Å². The Bertz CT molecular complexity index is 1810. The molecule has 0 saturated heterocycles. The van der Waals surface area contributed by atoms with Crippen molar-refractivity contribution in [2.75, 3.05) is 24.7 Å². The van der Waals surface area contributed by atoms with Crippen LogP contribution in [0.2, 0.25) is 5.02 Å². The summed E-state index contributed by atoms with van der Waals surface area (Å²) in [5.41, 5.74) is 3.40. The molecule has 2 aromatic carbocycles. The van der Waals surface area contributed by atoms with Crippen LogP contribution in [0.25, 0.3) is 16.8 Å². The number of fused-ring (bicyclic) bond motifs is 1. The minimum atomic E-state index is -3.86. The van der Waals surface area contributed by atoms with Gasteiger partial charge in [0.05, 0.1) is 57.9 Å². The third-order valence-electron chi connectivity index (χ3n) is 6.86. The maximum absolute atomic E-state index is 13.6. The molecule has 0 radical (unpaired) electrons. The Balaban J connectivity index is 1.71. The Morgan fingerprint density at radius 3 is 2.49 bits per heavy atom. The number of ether oxygens (including phenoxy) is 1. The number of amides is 1.